The first-order valence-electron chi connectivity index (χ1n) is 11.6. The van der Waals surface area contributed by atoms with Gasteiger partial charge in [0, 0.05) is 54.5 Å². The lowest BCUT2D eigenvalue weighted by molar-refractivity contribution is -0.137. The van der Waals surface area contributed by atoms with E-state index in [-0.39, 0.29) is 23.4 Å². The minimum absolute atomic E-state index is 0.0766. The second-order valence-electron chi connectivity index (χ2n) is 8.73. The van der Waals surface area contributed by atoms with Crippen LogP contribution >= 0.6 is 15.9 Å². The standard InChI is InChI=1S/C26H20BrF4N5O2/c27-20-7-3-18(21(28)13-20)15-35-9-11-36(12-10-35)25(37)17-4-8-22(32-14-17)24-33-23(34-38-24)16-1-5-19(6-2-16)26(29,30)31/h1-8,13-14H,9-12,15H2. The van der Waals surface area contributed by atoms with Crippen molar-refractivity contribution in [3.05, 3.63) is 87.8 Å². The number of piperazine rings is 1. The Morgan fingerprint density at radius 1 is 1.00 bits per heavy atom. The number of pyridine rings is 1. The van der Waals surface area contributed by atoms with E-state index >= 15 is 0 Å². The Bertz CT molecular complexity index is 1430. The van der Waals surface area contributed by atoms with Gasteiger partial charge in [-0.15, -0.1) is 0 Å². The summed E-state index contributed by atoms with van der Waals surface area (Å²) in [7, 11) is 0. The molecule has 0 aliphatic carbocycles. The van der Waals surface area contributed by atoms with E-state index in [0.717, 1.165) is 12.1 Å². The quantitative estimate of drug-likeness (QED) is 0.279. The van der Waals surface area contributed by atoms with Gasteiger partial charge < -0.3 is 9.42 Å². The first-order valence-corrected chi connectivity index (χ1v) is 12.4. The van der Waals surface area contributed by atoms with Crippen molar-refractivity contribution in [3.8, 4) is 23.0 Å². The van der Waals surface area contributed by atoms with Crippen LogP contribution in [0.2, 0.25) is 0 Å². The highest BCUT2D eigenvalue weighted by Gasteiger charge is 2.30. The van der Waals surface area contributed by atoms with Crippen LogP contribution in [0.25, 0.3) is 23.0 Å². The largest absolute Gasteiger partial charge is 0.416 e. The summed E-state index contributed by atoms with van der Waals surface area (Å²) in [6.45, 7) is 2.69. The zero-order valence-electron chi connectivity index (χ0n) is 19.8. The van der Waals surface area contributed by atoms with Crippen molar-refractivity contribution in [2.24, 2.45) is 0 Å². The van der Waals surface area contributed by atoms with Crippen LogP contribution < -0.4 is 0 Å². The minimum atomic E-state index is -4.43. The van der Waals surface area contributed by atoms with Gasteiger partial charge in [0.15, 0.2) is 0 Å². The van der Waals surface area contributed by atoms with Gasteiger partial charge in [-0.25, -0.2) is 4.39 Å². The van der Waals surface area contributed by atoms with Crippen molar-refractivity contribution in [1.29, 1.82) is 0 Å². The molecule has 0 bridgehead atoms. The molecule has 1 aliphatic rings. The van der Waals surface area contributed by atoms with E-state index in [2.05, 4.69) is 36.0 Å². The monoisotopic (exact) mass is 589 g/mol. The Hall–Kier alpha value is -3.64. The van der Waals surface area contributed by atoms with Crippen molar-refractivity contribution in [2.75, 3.05) is 26.2 Å². The molecule has 196 valence electrons. The molecule has 3 heterocycles. The molecule has 1 fully saturated rings. The van der Waals surface area contributed by atoms with Crippen molar-refractivity contribution in [2.45, 2.75) is 12.7 Å². The minimum Gasteiger partial charge on any atom is -0.336 e. The van der Waals surface area contributed by atoms with E-state index in [1.54, 1.807) is 29.2 Å². The van der Waals surface area contributed by atoms with Gasteiger partial charge in [0.1, 0.15) is 11.5 Å². The predicted molar refractivity (Wildman–Crippen MR) is 133 cm³/mol. The number of hydrogen-bond donors (Lipinski definition) is 0. The number of alkyl halides is 3. The van der Waals surface area contributed by atoms with Gasteiger partial charge in [-0.05, 0) is 36.4 Å². The molecule has 5 rings (SSSR count). The number of nitrogens with zero attached hydrogens (tertiary/aromatic N) is 5. The molecule has 4 aromatic rings. The fraction of sp³-hybridized carbons (Fsp3) is 0.231. The number of hydrogen-bond acceptors (Lipinski definition) is 6. The number of halogens is 5. The summed E-state index contributed by atoms with van der Waals surface area (Å²) in [5.41, 5.74) is 0.918. The van der Waals surface area contributed by atoms with Gasteiger partial charge in [-0.2, -0.15) is 18.2 Å². The number of aromatic nitrogens is 3. The fourth-order valence-electron chi connectivity index (χ4n) is 4.08. The van der Waals surface area contributed by atoms with E-state index in [1.165, 1.54) is 24.4 Å². The fourth-order valence-corrected chi connectivity index (χ4v) is 4.42. The van der Waals surface area contributed by atoms with E-state index in [9.17, 15) is 22.4 Å². The van der Waals surface area contributed by atoms with Crippen LogP contribution in [0.5, 0.6) is 0 Å². The molecule has 0 saturated carbocycles. The smallest absolute Gasteiger partial charge is 0.336 e. The summed E-state index contributed by atoms with van der Waals surface area (Å²) in [4.78, 5) is 25.2. The Kier molecular flexibility index (Phi) is 7.26. The van der Waals surface area contributed by atoms with Crippen LogP contribution in [0, 0.1) is 5.82 Å². The number of rotatable bonds is 5. The topological polar surface area (TPSA) is 75.4 Å². The average molecular weight is 590 g/mol. The van der Waals surface area contributed by atoms with Gasteiger partial charge in [0.05, 0.1) is 11.1 Å². The van der Waals surface area contributed by atoms with Gasteiger partial charge in [0.25, 0.3) is 11.8 Å². The summed E-state index contributed by atoms with van der Waals surface area (Å²) in [5.74, 6) is -0.240. The third-order valence-corrected chi connectivity index (χ3v) is 6.69. The van der Waals surface area contributed by atoms with Crippen LogP contribution in [-0.2, 0) is 12.7 Å². The molecule has 2 aromatic carbocycles. The maximum atomic E-state index is 14.1. The van der Waals surface area contributed by atoms with Gasteiger partial charge >= 0.3 is 6.18 Å². The molecule has 1 amide bonds. The molecular formula is C26H20BrF4N5O2. The van der Waals surface area contributed by atoms with Gasteiger partial charge in [-0.1, -0.05) is 39.3 Å². The zero-order valence-corrected chi connectivity index (χ0v) is 21.3. The SMILES string of the molecule is O=C(c1ccc(-c2nc(-c3ccc(C(F)(F)F)cc3)no2)nc1)N1CCN(Cc2ccc(Br)cc2F)CC1. The Morgan fingerprint density at radius 2 is 1.74 bits per heavy atom. The maximum absolute atomic E-state index is 14.1. The van der Waals surface area contributed by atoms with E-state index in [1.807, 2.05) is 0 Å². The molecule has 0 atom stereocenters. The highest BCUT2D eigenvalue weighted by molar-refractivity contribution is 9.10. The second kappa shape index (κ2) is 10.6. The first kappa shape index (κ1) is 26.0. The number of carbonyl (C=O) groups is 1. The van der Waals surface area contributed by atoms with Crippen molar-refractivity contribution in [1.82, 2.24) is 24.9 Å². The van der Waals surface area contributed by atoms with Crippen molar-refractivity contribution >= 4 is 21.8 Å². The molecule has 7 nitrogen and oxygen atoms in total. The van der Waals surface area contributed by atoms with Crippen LogP contribution in [0.4, 0.5) is 17.6 Å². The van der Waals surface area contributed by atoms with Crippen molar-refractivity contribution in [3.63, 3.8) is 0 Å². The molecule has 38 heavy (non-hydrogen) atoms. The highest BCUT2D eigenvalue weighted by atomic mass is 79.9. The molecule has 0 unspecified atom stereocenters. The lowest BCUT2D eigenvalue weighted by atomic mass is 10.1. The number of benzene rings is 2. The highest BCUT2D eigenvalue weighted by Crippen LogP contribution is 2.31. The predicted octanol–water partition coefficient (Wildman–Crippen LogP) is 5.68. The molecule has 12 heteroatoms. The van der Waals surface area contributed by atoms with Crippen LogP contribution in [-0.4, -0.2) is 57.0 Å². The molecule has 1 saturated heterocycles. The molecule has 0 N–H and O–H groups in total. The van der Waals surface area contributed by atoms with E-state index < -0.39 is 11.7 Å². The third-order valence-electron chi connectivity index (χ3n) is 6.19. The summed E-state index contributed by atoms with van der Waals surface area (Å²) in [6, 6.07) is 12.6. The summed E-state index contributed by atoms with van der Waals surface area (Å²) in [6.07, 6.45) is -3.01. The van der Waals surface area contributed by atoms with Gasteiger partial charge in [0.2, 0.25) is 5.82 Å². The average Bonchev–Trinajstić information content (AvgIpc) is 3.40. The lowest BCUT2D eigenvalue weighted by Gasteiger charge is -2.34. The van der Waals surface area contributed by atoms with E-state index in [0.29, 0.717) is 59.6 Å². The Morgan fingerprint density at radius 3 is 2.37 bits per heavy atom. The maximum Gasteiger partial charge on any atom is 0.416 e. The molecular weight excluding hydrogens is 570 g/mol. The zero-order chi connectivity index (χ0) is 26.9. The van der Waals surface area contributed by atoms with Crippen LogP contribution in [0.1, 0.15) is 21.5 Å². The molecule has 0 radical (unpaired) electrons. The third kappa shape index (κ3) is 5.76. The number of carbonyl (C=O) groups excluding carboxylic acids is 1. The van der Waals surface area contributed by atoms with E-state index in [4.69, 9.17) is 4.52 Å². The molecule has 1 aliphatic heterocycles. The van der Waals surface area contributed by atoms with Crippen LogP contribution in [0.3, 0.4) is 0 Å². The van der Waals surface area contributed by atoms with Crippen molar-refractivity contribution < 1.29 is 26.9 Å². The number of amides is 1. The lowest BCUT2D eigenvalue weighted by Crippen LogP contribution is -2.48. The summed E-state index contributed by atoms with van der Waals surface area (Å²) >= 11 is 3.26. The Balaban J connectivity index is 1.19. The van der Waals surface area contributed by atoms with Crippen LogP contribution in [0.15, 0.2) is 69.8 Å². The molecule has 2 aromatic heterocycles. The Labute approximate surface area is 223 Å². The summed E-state index contributed by atoms with van der Waals surface area (Å²) < 4.78 is 58.4. The second-order valence-corrected chi connectivity index (χ2v) is 9.65. The summed E-state index contributed by atoms with van der Waals surface area (Å²) in [5, 5.41) is 3.82. The first-order chi connectivity index (χ1) is 18.2. The van der Waals surface area contributed by atoms with Gasteiger partial charge in [-0.3, -0.25) is 14.7 Å². The normalized spacial score (nSPS) is 14.6. The molecule has 0 spiro atoms.